The Morgan fingerprint density at radius 1 is 0.312 bits per heavy atom. The van der Waals surface area contributed by atoms with E-state index in [4.69, 9.17) is 4.42 Å². The van der Waals surface area contributed by atoms with Crippen LogP contribution in [0.5, 0.6) is 0 Å². The average Bonchev–Trinajstić information content (AvgIpc) is 4.11. The lowest BCUT2D eigenvalue weighted by Gasteiger charge is -2.30. The Morgan fingerprint density at radius 3 is 1.44 bits per heavy atom. The van der Waals surface area contributed by atoms with E-state index in [9.17, 15) is 0 Å². The Labute approximate surface area is 466 Å². The zero-order valence-electron chi connectivity index (χ0n) is 48.2. The first-order valence-electron chi connectivity index (χ1n) is 28.1. The maximum Gasteiger partial charge on any atom is 0.143 e. The highest BCUT2D eigenvalue weighted by Gasteiger charge is 2.35. The molecule has 0 aliphatic heterocycles. The minimum atomic E-state index is -0.0148. The van der Waals surface area contributed by atoms with Crippen LogP contribution in [0.1, 0.15) is 17.0 Å². The van der Waals surface area contributed by atoms with Crippen LogP contribution >= 0.6 is 0 Å². The first kappa shape index (κ1) is 48.7. The maximum atomic E-state index is 6.85. The quantitative estimate of drug-likeness (QED) is 0.127. The third-order valence-electron chi connectivity index (χ3n) is 20.7. The molecule has 1 atom stereocenters. The summed E-state index contributed by atoms with van der Waals surface area (Å²) in [5.41, 5.74) is 36.1. The van der Waals surface area contributed by atoms with Gasteiger partial charge in [-0.25, -0.2) is 0 Å². The van der Waals surface area contributed by atoms with Crippen molar-refractivity contribution in [1.29, 1.82) is 0 Å². The largest absolute Gasteiger partial charge is 0.455 e. The Hall–Kier alpha value is -6.64. The minimum absolute atomic E-state index is 0.0148. The van der Waals surface area contributed by atoms with E-state index in [0.717, 1.165) is 27.3 Å². The predicted molar refractivity (Wildman–Crippen MR) is 393 cm³/mol. The van der Waals surface area contributed by atoms with Gasteiger partial charge in [0.05, 0.1) is 0 Å². The fourth-order valence-corrected chi connectivity index (χ4v) is 15.9. The van der Waals surface area contributed by atoms with Crippen LogP contribution in [0.4, 0.5) is 0 Å². The SMILES string of the molecule is BC1=c2c(B)c(B)c3c(B)c(B)c(B)c4c(B)c(B)c(c2c43)C1c1cc(-c2c(B)c(B)c3c(B)c(B)c4c(B)c(B)c(B)c5c(B)c(B)c2c3c45)cc(-c2ccccc2)c1-c1ccc2oc3c4ccccc4ccc3c2c1. The second-order valence-electron chi connectivity index (χ2n) is 23.9. The van der Waals surface area contributed by atoms with Crippen molar-refractivity contribution in [3.8, 4) is 33.4 Å². The minimum Gasteiger partial charge on any atom is -0.455 e. The molecule has 0 fully saturated rings. The molecule has 0 bridgehead atoms. The second kappa shape index (κ2) is 16.7. The number of hydrogen-bond donors (Lipinski definition) is 0. The Morgan fingerprint density at radius 2 is 0.818 bits per heavy atom. The lowest BCUT2D eigenvalue weighted by molar-refractivity contribution is 0.672. The van der Waals surface area contributed by atoms with Gasteiger partial charge >= 0.3 is 0 Å². The standard InChI is InChI=1S/C59H51B17O/c60-42-29(35-31-33-39(49(67)45(35)63)54(72)58(76)56(74)41(33)51(69)46(64)36(31)42)25-16-20(28-34-30-32-38(48(66)44(34)62)53(71)57(75)55(73)40(32)52(70)50(68)37(30)47(65)43(28)61)15-23(17-6-2-1-3-7-17)27(25)19-11-13-26-24(14-19)22-12-10-18-8-4-5-9-21(18)59(22)77-26/h1-16,29H,60-76H2. The first-order valence-corrected chi connectivity index (χ1v) is 28.1. The van der Waals surface area contributed by atoms with Crippen LogP contribution in [0.15, 0.2) is 101 Å². The zero-order valence-corrected chi connectivity index (χ0v) is 48.2. The van der Waals surface area contributed by atoms with Crippen molar-refractivity contribution in [2.75, 3.05) is 0 Å². The molecule has 1 aliphatic rings. The molecule has 0 radical (unpaired) electrons. The predicted octanol–water partition coefficient (Wildman–Crippen LogP) is -13.3. The van der Waals surface area contributed by atoms with Crippen molar-refractivity contribution in [2.45, 2.75) is 5.92 Å². The number of hydrogen-bond acceptors (Lipinski definition) is 1. The molecule has 1 unspecified atom stereocenters. The van der Waals surface area contributed by atoms with Gasteiger partial charge in [0, 0.05) is 22.1 Å². The van der Waals surface area contributed by atoms with Gasteiger partial charge in [0.2, 0.25) is 0 Å². The molecule has 0 N–H and O–H groups in total. The van der Waals surface area contributed by atoms with Gasteiger partial charge < -0.3 is 4.42 Å². The van der Waals surface area contributed by atoms with E-state index >= 15 is 0 Å². The van der Waals surface area contributed by atoms with Crippen LogP contribution in [0, 0.1) is 0 Å². The molecule has 0 saturated heterocycles. The van der Waals surface area contributed by atoms with Gasteiger partial charge in [-0.05, 0) is 139 Å². The van der Waals surface area contributed by atoms with E-state index in [1.807, 2.05) is 0 Å². The van der Waals surface area contributed by atoms with Gasteiger partial charge in [0.15, 0.2) is 0 Å². The number of rotatable bonds is 4. The summed E-state index contributed by atoms with van der Waals surface area (Å²) in [5.74, 6) is -0.0148. The normalized spacial score (nSPS) is 13.7. The summed E-state index contributed by atoms with van der Waals surface area (Å²) in [6.45, 7) is 0. The fraction of sp³-hybridized carbons (Fsp3) is 0.0169. The van der Waals surface area contributed by atoms with E-state index in [1.165, 1.54) is 202 Å². The summed E-state index contributed by atoms with van der Waals surface area (Å²) in [5, 5.41) is 20.4. The van der Waals surface area contributed by atoms with Crippen molar-refractivity contribution in [3.63, 3.8) is 0 Å². The lowest BCUT2D eigenvalue weighted by Crippen LogP contribution is -2.49. The Balaban J connectivity index is 1.20. The van der Waals surface area contributed by atoms with Crippen LogP contribution in [0.25, 0.3) is 125 Å². The van der Waals surface area contributed by atoms with Crippen molar-refractivity contribution in [2.24, 2.45) is 0 Å². The first-order chi connectivity index (χ1) is 36.8. The van der Waals surface area contributed by atoms with Crippen LogP contribution < -0.4 is 92.6 Å². The summed E-state index contributed by atoms with van der Waals surface area (Å²) >= 11 is 0. The lowest BCUT2D eigenvalue weighted by atomic mass is 9.58. The molecule has 344 valence electrons. The molecule has 13 aromatic rings. The van der Waals surface area contributed by atoms with E-state index in [1.54, 1.807) is 0 Å². The second-order valence-corrected chi connectivity index (χ2v) is 23.9. The maximum absolute atomic E-state index is 6.85. The highest BCUT2D eigenvalue weighted by atomic mass is 16.3. The molecule has 1 nitrogen and oxygen atoms in total. The van der Waals surface area contributed by atoms with Crippen molar-refractivity contribution >= 4 is 313 Å². The molecule has 1 aromatic heterocycles. The highest BCUT2D eigenvalue weighted by molar-refractivity contribution is 6.75. The van der Waals surface area contributed by atoms with Crippen molar-refractivity contribution < 1.29 is 4.42 Å². The monoisotopic (exact) mass is 963 g/mol. The molecule has 14 rings (SSSR count). The summed E-state index contributed by atoms with van der Waals surface area (Å²) < 4.78 is 6.85. The van der Waals surface area contributed by atoms with Gasteiger partial charge in [-0.15, -0.1) is 10.9 Å². The third-order valence-corrected chi connectivity index (χ3v) is 20.7. The summed E-state index contributed by atoms with van der Waals surface area (Å²) in [4.78, 5) is 0. The van der Waals surface area contributed by atoms with Crippen LogP contribution in [-0.2, 0) is 0 Å². The molecule has 18 heteroatoms. The summed E-state index contributed by atoms with van der Waals surface area (Å²) in [6.07, 6.45) is 0. The van der Waals surface area contributed by atoms with Crippen molar-refractivity contribution in [1.82, 2.24) is 0 Å². The fourth-order valence-electron chi connectivity index (χ4n) is 15.9. The molecule has 0 saturated carbocycles. The van der Waals surface area contributed by atoms with Gasteiger partial charge in [-0.1, -0.05) is 149 Å². The van der Waals surface area contributed by atoms with E-state index in [-0.39, 0.29) is 5.92 Å². The van der Waals surface area contributed by atoms with Gasteiger partial charge in [-0.2, -0.15) is 0 Å². The van der Waals surface area contributed by atoms with E-state index < -0.39 is 0 Å². The molecule has 1 aliphatic carbocycles. The molecule has 1 heterocycles. The zero-order chi connectivity index (χ0) is 53.8. The summed E-state index contributed by atoms with van der Waals surface area (Å²) in [7, 11) is 40.7. The van der Waals surface area contributed by atoms with Crippen molar-refractivity contribution in [3.05, 3.63) is 113 Å². The smallest absolute Gasteiger partial charge is 0.143 e. The van der Waals surface area contributed by atoms with Gasteiger partial charge in [0.1, 0.15) is 145 Å². The number of benzene rings is 12. The number of furan rings is 1. The Kier molecular flexibility index (Phi) is 10.6. The Bertz CT molecular complexity index is 4960. The average molecular weight is 960 g/mol. The summed E-state index contributed by atoms with van der Waals surface area (Å²) in [6, 6.07) is 36.7. The number of fused-ring (bicyclic) bond motifs is 5. The molecular formula is C59H51B17O. The van der Waals surface area contributed by atoms with Gasteiger partial charge in [0.25, 0.3) is 0 Å². The topological polar surface area (TPSA) is 13.1 Å². The molecule has 0 amide bonds. The third kappa shape index (κ3) is 6.14. The molecule has 77 heavy (non-hydrogen) atoms. The molecule has 12 aromatic carbocycles. The molecule has 0 spiro atoms. The molecular weight excluding hydrogens is 908 g/mol. The highest BCUT2D eigenvalue weighted by Crippen LogP contribution is 2.49. The van der Waals surface area contributed by atoms with Crippen LogP contribution in [-0.4, -0.2) is 133 Å². The van der Waals surface area contributed by atoms with Gasteiger partial charge in [-0.3, -0.25) is 0 Å². The van der Waals surface area contributed by atoms with Crippen LogP contribution in [0.3, 0.4) is 0 Å². The van der Waals surface area contributed by atoms with Crippen LogP contribution in [0.2, 0.25) is 0 Å². The van der Waals surface area contributed by atoms with E-state index in [0.29, 0.717) is 0 Å². The van der Waals surface area contributed by atoms with E-state index in [2.05, 4.69) is 230 Å².